The van der Waals surface area contributed by atoms with Gasteiger partial charge in [0.25, 0.3) is 0 Å². The quantitative estimate of drug-likeness (QED) is 0.468. The first-order valence-corrected chi connectivity index (χ1v) is 5.89. The summed E-state index contributed by atoms with van der Waals surface area (Å²) in [5.41, 5.74) is 1.56. The molecule has 4 nitrogen and oxygen atoms in total. The number of fused-ring (bicyclic) bond motifs is 3. The van der Waals surface area contributed by atoms with Crippen LogP contribution in [0.1, 0.15) is 43.0 Å². The number of rotatable bonds is 0. The summed E-state index contributed by atoms with van der Waals surface area (Å²) < 4.78 is 0. The van der Waals surface area contributed by atoms with E-state index in [4.69, 9.17) is 0 Å². The van der Waals surface area contributed by atoms with Gasteiger partial charge in [-0.25, -0.2) is 0 Å². The topological polar surface area (TPSA) is 74.6 Å². The van der Waals surface area contributed by atoms with Gasteiger partial charge in [0.15, 0.2) is 11.6 Å². The minimum Gasteiger partial charge on any atom is -0.507 e. The maximum Gasteiger partial charge on any atom is 0.198 e. The fourth-order valence-corrected chi connectivity index (χ4v) is 2.72. The third-order valence-corrected chi connectivity index (χ3v) is 3.76. The van der Waals surface area contributed by atoms with Crippen molar-refractivity contribution in [3.8, 4) is 11.5 Å². The predicted molar refractivity (Wildman–Crippen MR) is 65.9 cm³/mol. The highest BCUT2D eigenvalue weighted by Gasteiger charge is 2.41. The summed E-state index contributed by atoms with van der Waals surface area (Å²) in [6.07, 6.45) is 0.432. The van der Waals surface area contributed by atoms with Crippen LogP contribution < -0.4 is 0 Å². The average Bonchev–Trinajstić information content (AvgIpc) is 3.21. The Kier molecular flexibility index (Phi) is 1.65. The van der Waals surface area contributed by atoms with Gasteiger partial charge >= 0.3 is 0 Å². The number of hydrogen-bond donors (Lipinski definition) is 2. The van der Waals surface area contributed by atoms with E-state index in [-0.39, 0.29) is 33.8 Å². The minimum absolute atomic E-state index is 0.0579. The summed E-state index contributed by atoms with van der Waals surface area (Å²) in [6.45, 7) is 0. The van der Waals surface area contributed by atoms with E-state index in [1.54, 1.807) is 24.3 Å². The maximum atomic E-state index is 12.4. The zero-order chi connectivity index (χ0) is 13.3. The summed E-state index contributed by atoms with van der Waals surface area (Å²) >= 11 is 0. The number of hydrogen-bond acceptors (Lipinski definition) is 4. The molecule has 0 saturated heterocycles. The molecule has 19 heavy (non-hydrogen) atoms. The minimum atomic E-state index is -0.410. The van der Waals surface area contributed by atoms with Crippen molar-refractivity contribution < 1.29 is 19.8 Å². The van der Waals surface area contributed by atoms with Gasteiger partial charge in [-0.3, -0.25) is 9.59 Å². The number of phenolic OH excluding ortho intramolecular Hbond substituents is 2. The van der Waals surface area contributed by atoms with Crippen molar-refractivity contribution in [1.82, 2.24) is 0 Å². The number of phenols is 2. The van der Waals surface area contributed by atoms with E-state index in [1.165, 1.54) is 0 Å². The number of ketones is 2. The van der Waals surface area contributed by atoms with Crippen LogP contribution in [0.2, 0.25) is 0 Å². The molecule has 0 heterocycles. The summed E-state index contributed by atoms with van der Waals surface area (Å²) in [4.78, 5) is 24.8. The number of carbonyl (C=O) groups excluding carboxylic acids is 2. The highest BCUT2D eigenvalue weighted by Crippen LogP contribution is 2.50. The number of carbonyl (C=O) groups is 2. The van der Waals surface area contributed by atoms with Crippen molar-refractivity contribution in [2.24, 2.45) is 0 Å². The van der Waals surface area contributed by atoms with Crippen LogP contribution in [0.4, 0.5) is 0 Å². The molecule has 0 amide bonds. The molecule has 0 saturated carbocycles. The summed E-state index contributed by atoms with van der Waals surface area (Å²) in [5, 5.41) is 20.1. The van der Waals surface area contributed by atoms with Gasteiger partial charge in [0.2, 0.25) is 0 Å². The van der Waals surface area contributed by atoms with Gasteiger partial charge < -0.3 is 10.2 Å². The smallest absolute Gasteiger partial charge is 0.198 e. The molecular weight excluding hydrogens is 244 g/mol. The lowest BCUT2D eigenvalue weighted by Gasteiger charge is -2.18. The third kappa shape index (κ3) is 1.08. The zero-order valence-electron chi connectivity index (χ0n) is 9.73. The van der Waals surface area contributed by atoms with Crippen molar-refractivity contribution in [1.29, 1.82) is 0 Å². The highest BCUT2D eigenvalue weighted by atomic mass is 16.3. The van der Waals surface area contributed by atoms with Crippen molar-refractivity contribution in [2.45, 2.75) is 6.42 Å². The summed E-state index contributed by atoms with van der Waals surface area (Å²) in [6, 6.07) is 6.45. The third-order valence-electron chi connectivity index (χ3n) is 3.76. The van der Waals surface area contributed by atoms with Gasteiger partial charge in [-0.15, -0.1) is 0 Å². The van der Waals surface area contributed by atoms with Gasteiger partial charge in [0, 0.05) is 28.7 Å². The van der Waals surface area contributed by atoms with Crippen LogP contribution in [-0.2, 0) is 6.42 Å². The van der Waals surface area contributed by atoms with E-state index < -0.39 is 11.6 Å². The molecule has 0 aliphatic heterocycles. The van der Waals surface area contributed by atoms with Gasteiger partial charge in [0.1, 0.15) is 11.5 Å². The molecule has 2 N–H and O–H groups in total. The first kappa shape index (κ1) is 10.3. The molecule has 2 aromatic carbocycles. The fourth-order valence-electron chi connectivity index (χ4n) is 2.72. The van der Waals surface area contributed by atoms with Crippen LogP contribution in [0.3, 0.4) is 0 Å². The normalized spacial score (nSPS) is 14.7. The Morgan fingerprint density at radius 2 is 1.21 bits per heavy atom. The predicted octanol–water partition coefficient (Wildman–Crippen LogP) is 1.78. The van der Waals surface area contributed by atoms with E-state index in [1.807, 2.05) is 0 Å². The SMILES string of the molecule is O=C1c2ccccc2C(=O)c2c(O)c3c(c(O)c21)C3. The lowest BCUT2D eigenvalue weighted by molar-refractivity contribution is 0.0974. The molecule has 0 spiro atoms. The van der Waals surface area contributed by atoms with Crippen LogP contribution in [0.25, 0.3) is 0 Å². The fraction of sp³-hybridized carbons (Fsp3) is 0.0667. The number of aromatic hydroxyl groups is 2. The Morgan fingerprint density at radius 1 is 0.789 bits per heavy atom. The van der Waals surface area contributed by atoms with Crippen molar-refractivity contribution >= 4 is 11.6 Å². The Balaban J connectivity index is 2.13. The van der Waals surface area contributed by atoms with Crippen molar-refractivity contribution in [3.63, 3.8) is 0 Å². The molecule has 0 radical (unpaired) electrons. The second-order valence-electron chi connectivity index (χ2n) is 4.78. The molecule has 0 fully saturated rings. The first-order chi connectivity index (χ1) is 9.11. The van der Waals surface area contributed by atoms with Gasteiger partial charge in [-0.2, -0.15) is 0 Å². The molecule has 92 valence electrons. The Hall–Kier alpha value is -2.62. The van der Waals surface area contributed by atoms with Gasteiger partial charge in [-0.05, 0) is 0 Å². The van der Waals surface area contributed by atoms with Crippen LogP contribution in [0.5, 0.6) is 11.5 Å². The lowest BCUT2D eigenvalue weighted by Crippen LogP contribution is -2.21. The van der Waals surface area contributed by atoms with Crippen LogP contribution in [0.15, 0.2) is 24.3 Å². The largest absolute Gasteiger partial charge is 0.507 e. The molecule has 2 aliphatic rings. The Bertz CT molecular complexity index is 736. The first-order valence-electron chi connectivity index (χ1n) is 5.89. The molecular formula is C15H8O4. The van der Waals surface area contributed by atoms with Crippen molar-refractivity contribution in [2.75, 3.05) is 0 Å². The Labute approximate surface area is 107 Å². The second-order valence-corrected chi connectivity index (χ2v) is 4.78. The average molecular weight is 252 g/mol. The highest BCUT2D eigenvalue weighted by molar-refractivity contribution is 6.30. The standard InChI is InChI=1S/C15H8O4/c16-12-6-3-1-2-4-7(6)13(17)11-10(12)14(18)8-5-9(8)15(11)19/h1-4,18-19H,5H2. The van der Waals surface area contributed by atoms with Crippen LogP contribution in [-0.4, -0.2) is 21.8 Å². The van der Waals surface area contributed by atoms with E-state index in [0.29, 0.717) is 17.5 Å². The summed E-state index contributed by atoms with van der Waals surface area (Å²) in [7, 11) is 0. The van der Waals surface area contributed by atoms with Gasteiger partial charge in [-0.1, -0.05) is 24.3 Å². The second kappa shape index (κ2) is 3.03. The van der Waals surface area contributed by atoms with Crippen LogP contribution in [0, 0.1) is 0 Å². The maximum absolute atomic E-state index is 12.4. The van der Waals surface area contributed by atoms with E-state index in [2.05, 4.69) is 0 Å². The summed E-state index contributed by atoms with van der Waals surface area (Å²) in [5.74, 6) is -1.13. The number of benzene rings is 2. The van der Waals surface area contributed by atoms with Gasteiger partial charge in [0.05, 0.1) is 11.1 Å². The molecule has 0 bridgehead atoms. The van der Waals surface area contributed by atoms with E-state index in [9.17, 15) is 19.8 Å². The molecule has 2 aromatic rings. The van der Waals surface area contributed by atoms with E-state index >= 15 is 0 Å². The molecule has 4 heteroatoms. The molecule has 0 unspecified atom stereocenters. The molecule has 0 aromatic heterocycles. The van der Waals surface area contributed by atoms with E-state index in [0.717, 1.165) is 0 Å². The van der Waals surface area contributed by atoms with Crippen molar-refractivity contribution in [3.05, 3.63) is 57.6 Å². The monoisotopic (exact) mass is 252 g/mol. The molecule has 2 aliphatic carbocycles. The van der Waals surface area contributed by atoms with Crippen LogP contribution >= 0.6 is 0 Å². The zero-order valence-corrected chi connectivity index (χ0v) is 9.73. The lowest BCUT2D eigenvalue weighted by atomic mass is 9.83. The molecule has 4 rings (SSSR count). The molecule has 0 atom stereocenters. The Morgan fingerprint density at radius 3 is 1.63 bits per heavy atom.